The summed E-state index contributed by atoms with van der Waals surface area (Å²) in [4.78, 5) is 0. The fourth-order valence-electron chi connectivity index (χ4n) is 2.10. The Hall–Kier alpha value is -1.82. The van der Waals surface area contributed by atoms with Crippen LogP contribution in [0.5, 0.6) is 0 Å². The first kappa shape index (κ1) is 15.6. The minimum atomic E-state index is -4.66. The molecule has 2 aromatic rings. The summed E-state index contributed by atoms with van der Waals surface area (Å²) in [6, 6.07) is 5.65. The molecule has 6 heteroatoms. The van der Waals surface area contributed by atoms with E-state index in [0.717, 1.165) is 16.8 Å². The molecule has 0 saturated carbocycles. The van der Waals surface area contributed by atoms with Crippen molar-refractivity contribution in [3.05, 3.63) is 41.6 Å². The highest BCUT2D eigenvalue weighted by atomic mass is 19.4. The van der Waals surface area contributed by atoms with Crippen molar-refractivity contribution in [1.29, 1.82) is 0 Å². The average Bonchev–Trinajstić information content (AvgIpc) is 2.86. The molecule has 0 aliphatic rings. The summed E-state index contributed by atoms with van der Waals surface area (Å²) < 4.78 is 37.4. The van der Waals surface area contributed by atoms with Crippen molar-refractivity contribution in [2.45, 2.75) is 38.5 Å². The third kappa shape index (κ3) is 3.26. The zero-order valence-electron chi connectivity index (χ0n) is 12.0. The van der Waals surface area contributed by atoms with E-state index in [2.05, 4.69) is 10.2 Å². The minimum absolute atomic E-state index is 0.132. The SMILES string of the molecule is CC(C)(C)c1cn[nH]c1-c1ccc(C(O)C(F)(F)F)cc1. The van der Waals surface area contributed by atoms with Crippen molar-refractivity contribution >= 4 is 0 Å². The minimum Gasteiger partial charge on any atom is -0.379 e. The summed E-state index contributed by atoms with van der Waals surface area (Å²) in [5, 5.41) is 16.1. The van der Waals surface area contributed by atoms with E-state index in [4.69, 9.17) is 0 Å². The number of nitrogens with one attached hydrogen (secondary N) is 1. The van der Waals surface area contributed by atoms with Crippen LogP contribution in [0.3, 0.4) is 0 Å². The maximum atomic E-state index is 12.5. The molecule has 114 valence electrons. The van der Waals surface area contributed by atoms with E-state index >= 15 is 0 Å². The van der Waals surface area contributed by atoms with Crippen LogP contribution < -0.4 is 0 Å². The van der Waals surface area contributed by atoms with Gasteiger partial charge in [0.15, 0.2) is 6.10 Å². The van der Waals surface area contributed by atoms with Crippen LogP contribution in [0.15, 0.2) is 30.5 Å². The van der Waals surface area contributed by atoms with Gasteiger partial charge in [-0.05, 0) is 16.5 Å². The van der Waals surface area contributed by atoms with Crippen molar-refractivity contribution in [2.24, 2.45) is 0 Å². The number of aromatic nitrogens is 2. The highest BCUT2D eigenvalue weighted by molar-refractivity contribution is 5.64. The first-order chi connectivity index (χ1) is 9.60. The normalized spacial score (nSPS) is 14.2. The van der Waals surface area contributed by atoms with Crippen molar-refractivity contribution < 1.29 is 18.3 Å². The number of H-pyrrole nitrogens is 1. The van der Waals surface area contributed by atoms with Gasteiger partial charge in [-0.1, -0.05) is 45.0 Å². The van der Waals surface area contributed by atoms with E-state index in [1.165, 1.54) is 12.1 Å². The zero-order chi connectivity index (χ0) is 15.8. The van der Waals surface area contributed by atoms with Crippen LogP contribution in [0.1, 0.15) is 38.0 Å². The van der Waals surface area contributed by atoms with Crippen molar-refractivity contribution in [2.75, 3.05) is 0 Å². The highest BCUT2D eigenvalue weighted by Crippen LogP contribution is 2.35. The molecule has 1 atom stereocenters. The number of hydrogen-bond donors (Lipinski definition) is 2. The van der Waals surface area contributed by atoms with Crippen LogP contribution in [0.4, 0.5) is 13.2 Å². The molecule has 0 saturated heterocycles. The number of aliphatic hydroxyl groups is 1. The molecule has 21 heavy (non-hydrogen) atoms. The van der Waals surface area contributed by atoms with E-state index in [0.29, 0.717) is 0 Å². The molecule has 0 spiro atoms. The largest absolute Gasteiger partial charge is 0.418 e. The number of aliphatic hydroxyl groups excluding tert-OH is 1. The third-order valence-corrected chi connectivity index (χ3v) is 3.27. The molecule has 0 bridgehead atoms. The van der Waals surface area contributed by atoms with Crippen LogP contribution in [0.25, 0.3) is 11.3 Å². The first-order valence-electron chi connectivity index (χ1n) is 6.49. The van der Waals surface area contributed by atoms with Crippen LogP contribution in [0.2, 0.25) is 0 Å². The Labute approximate surface area is 120 Å². The second-order valence-electron chi connectivity index (χ2n) is 5.97. The molecule has 0 fully saturated rings. The highest BCUT2D eigenvalue weighted by Gasteiger charge is 2.39. The van der Waals surface area contributed by atoms with E-state index in [-0.39, 0.29) is 11.0 Å². The van der Waals surface area contributed by atoms with E-state index in [9.17, 15) is 18.3 Å². The molecule has 1 unspecified atom stereocenters. The predicted octanol–water partition coefficient (Wildman–Crippen LogP) is 3.97. The molecular weight excluding hydrogens is 281 g/mol. The number of benzene rings is 1. The van der Waals surface area contributed by atoms with Crippen molar-refractivity contribution in [3.63, 3.8) is 0 Å². The Balaban J connectivity index is 2.35. The van der Waals surface area contributed by atoms with E-state index in [1.54, 1.807) is 18.3 Å². The van der Waals surface area contributed by atoms with Gasteiger partial charge in [0, 0.05) is 5.56 Å². The Morgan fingerprint density at radius 2 is 1.67 bits per heavy atom. The Bertz CT molecular complexity index is 609. The molecule has 0 amide bonds. The van der Waals surface area contributed by atoms with Gasteiger partial charge < -0.3 is 5.11 Å². The average molecular weight is 298 g/mol. The number of rotatable bonds is 2. The summed E-state index contributed by atoms with van der Waals surface area (Å²) in [6.45, 7) is 6.09. The van der Waals surface area contributed by atoms with E-state index in [1.807, 2.05) is 20.8 Å². The van der Waals surface area contributed by atoms with Gasteiger partial charge in [0.1, 0.15) is 0 Å². The molecular formula is C15H17F3N2O. The fourth-order valence-corrected chi connectivity index (χ4v) is 2.10. The van der Waals surface area contributed by atoms with Crippen LogP contribution in [-0.2, 0) is 5.41 Å². The van der Waals surface area contributed by atoms with Gasteiger partial charge in [-0.25, -0.2) is 0 Å². The Morgan fingerprint density at radius 3 is 2.14 bits per heavy atom. The lowest BCUT2D eigenvalue weighted by atomic mass is 9.85. The number of halogens is 3. The molecule has 3 nitrogen and oxygen atoms in total. The van der Waals surface area contributed by atoms with Gasteiger partial charge in [-0.2, -0.15) is 18.3 Å². The van der Waals surface area contributed by atoms with Crippen molar-refractivity contribution in [3.8, 4) is 11.3 Å². The number of hydrogen-bond acceptors (Lipinski definition) is 2. The fraction of sp³-hybridized carbons (Fsp3) is 0.400. The number of nitrogens with zero attached hydrogens (tertiary/aromatic N) is 1. The van der Waals surface area contributed by atoms with Crippen LogP contribution in [0, 0.1) is 0 Å². The lowest BCUT2D eigenvalue weighted by Gasteiger charge is -2.19. The van der Waals surface area contributed by atoms with Gasteiger partial charge in [0.25, 0.3) is 0 Å². The molecule has 2 N–H and O–H groups in total. The topological polar surface area (TPSA) is 48.9 Å². The molecule has 1 heterocycles. The lowest BCUT2D eigenvalue weighted by molar-refractivity contribution is -0.206. The quantitative estimate of drug-likeness (QED) is 0.881. The van der Waals surface area contributed by atoms with Gasteiger partial charge in [-0.3, -0.25) is 5.10 Å². The second-order valence-corrected chi connectivity index (χ2v) is 5.97. The molecule has 1 aromatic carbocycles. The standard InChI is InChI=1S/C15H17F3N2O/c1-14(2,3)11-8-19-20-12(11)9-4-6-10(7-5-9)13(21)15(16,17)18/h4-8,13,21H,1-3H3,(H,19,20). The van der Waals surface area contributed by atoms with Crippen LogP contribution in [-0.4, -0.2) is 21.5 Å². The Kier molecular flexibility index (Phi) is 3.84. The van der Waals surface area contributed by atoms with Crippen molar-refractivity contribution in [1.82, 2.24) is 10.2 Å². The molecule has 1 aromatic heterocycles. The molecule has 2 rings (SSSR count). The maximum absolute atomic E-state index is 12.5. The van der Waals surface area contributed by atoms with Crippen LogP contribution >= 0.6 is 0 Å². The smallest absolute Gasteiger partial charge is 0.379 e. The maximum Gasteiger partial charge on any atom is 0.418 e. The summed E-state index contributed by atoms with van der Waals surface area (Å²) in [7, 11) is 0. The van der Waals surface area contributed by atoms with Gasteiger partial charge >= 0.3 is 6.18 Å². The third-order valence-electron chi connectivity index (χ3n) is 3.27. The number of aromatic amines is 1. The first-order valence-corrected chi connectivity index (χ1v) is 6.49. The van der Waals surface area contributed by atoms with Gasteiger partial charge in [-0.15, -0.1) is 0 Å². The van der Waals surface area contributed by atoms with Gasteiger partial charge in [0.05, 0.1) is 11.9 Å². The zero-order valence-corrected chi connectivity index (χ0v) is 12.0. The summed E-state index contributed by atoms with van der Waals surface area (Å²) >= 11 is 0. The summed E-state index contributed by atoms with van der Waals surface area (Å²) in [5.74, 6) is 0. The summed E-state index contributed by atoms with van der Waals surface area (Å²) in [5.41, 5.74) is 2.17. The Morgan fingerprint density at radius 1 is 1.10 bits per heavy atom. The molecule has 0 aliphatic carbocycles. The summed E-state index contributed by atoms with van der Waals surface area (Å²) in [6.07, 6.45) is -5.41. The molecule has 0 aliphatic heterocycles. The predicted molar refractivity (Wildman–Crippen MR) is 73.7 cm³/mol. The number of alkyl halides is 3. The lowest BCUT2D eigenvalue weighted by Crippen LogP contribution is -2.20. The van der Waals surface area contributed by atoms with E-state index < -0.39 is 12.3 Å². The monoisotopic (exact) mass is 298 g/mol. The van der Waals surface area contributed by atoms with Gasteiger partial charge in [0.2, 0.25) is 0 Å². The molecule has 0 radical (unpaired) electrons. The second kappa shape index (κ2) is 5.18.